The molecular formula is C19H23ClFN3O2S. The zero-order valence-corrected chi connectivity index (χ0v) is 16.5. The van der Waals surface area contributed by atoms with Crippen LogP contribution in [-0.2, 0) is 16.0 Å². The molecule has 8 heteroatoms. The van der Waals surface area contributed by atoms with Gasteiger partial charge in [-0.25, -0.2) is 9.37 Å². The molecule has 4 rings (SSSR count). The summed E-state index contributed by atoms with van der Waals surface area (Å²) in [6.07, 6.45) is 3.40. The summed E-state index contributed by atoms with van der Waals surface area (Å²) < 4.78 is 18.5. The number of carbonyl (C=O) groups is 1. The van der Waals surface area contributed by atoms with E-state index in [1.807, 2.05) is 0 Å². The van der Waals surface area contributed by atoms with E-state index in [0.29, 0.717) is 30.7 Å². The SMILES string of the molecule is Cl.O=C(CC1COCCN1)Nc1nc(C2CC2)c(Cc2ccc(F)cc2)s1. The number of halogens is 2. The largest absolute Gasteiger partial charge is 0.378 e. The highest BCUT2D eigenvalue weighted by Crippen LogP contribution is 2.44. The Morgan fingerprint density at radius 2 is 2.11 bits per heavy atom. The van der Waals surface area contributed by atoms with Crippen LogP contribution in [0.25, 0.3) is 0 Å². The second kappa shape index (κ2) is 9.10. The maximum absolute atomic E-state index is 13.1. The molecule has 27 heavy (non-hydrogen) atoms. The molecule has 1 unspecified atom stereocenters. The van der Waals surface area contributed by atoms with Crippen LogP contribution in [0.5, 0.6) is 0 Å². The van der Waals surface area contributed by atoms with Crippen molar-refractivity contribution in [2.75, 3.05) is 25.1 Å². The molecule has 1 aromatic carbocycles. The Morgan fingerprint density at radius 1 is 1.33 bits per heavy atom. The van der Waals surface area contributed by atoms with Crippen LogP contribution in [0.3, 0.4) is 0 Å². The number of ether oxygens (including phenoxy) is 1. The lowest BCUT2D eigenvalue weighted by Crippen LogP contribution is -2.43. The molecule has 2 aromatic rings. The smallest absolute Gasteiger partial charge is 0.227 e. The summed E-state index contributed by atoms with van der Waals surface area (Å²) >= 11 is 1.53. The number of morpholine rings is 1. The molecule has 1 aromatic heterocycles. The number of nitrogens with one attached hydrogen (secondary N) is 2. The number of aromatic nitrogens is 1. The second-order valence-electron chi connectivity index (χ2n) is 6.88. The van der Waals surface area contributed by atoms with Crippen LogP contribution in [0.1, 0.15) is 41.3 Å². The van der Waals surface area contributed by atoms with Crippen molar-refractivity contribution < 1.29 is 13.9 Å². The van der Waals surface area contributed by atoms with E-state index in [2.05, 4.69) is 15.6 Å². The fourth-order valence-corrected chi connectivity index (χ4v) is 4.25. The topological polar surface area (TPSA) is 63.2 Å². The van der Waals surface area contributed by atoms with Crippen LogP contribution < -0.4 is 10.6 Å². The second-order valence-corrected chi connectivity index (χ2v) is 7.97. The first-order valence-corrected chi connectivity index (χ1v) is 9.84. The number of benzene rings is 1. The summed E-state index contributed by atoms with van der Waals surface area (Å²) in [4.78, 5) is 18.1. The van der Waals surface area contributed by atoms with Crippen molar-refractivity contribution in [3.05, 3.63) is 46.2 Å². The third-order valence-electron chi connectivity index (χ3n) is 4.65. The number of amides is 1. The highest BCUT2D eigenvalue weighted by molar-refractivity contribution is 7.15. The molecule has 1 saturated carbocycles. The normalized spacial score (nSPS) is 19.4. The first kappa shape index (κ1) is 20.2. The number of carbonyl (C=O) groups excluding carboxylic acids is 1. The fourth-order valence-electron chi connectivity index (χ4n) is 3.15. The first-order valence-electron chi connectivity index (χ1n) is 9.02. The third kappa shape index (κ3) is 5.48. The van der Waals surface area contributed by atoms with E-state index in [1.165, 1.54) is 23.5 Å². The molecule has 1 atom stereocenters. The summed E-state index contributed by atoms with van der Waals surface area (Å²) in [7, 11) is 0. The van der Waals surface area contributed by atoms with Crippen LogP contribution in [0.2, 0.25) is 0 Å². The quantitative estimate of drug-likeness (QED) is 0.763. The first-order chi connectivity index (χ1) is 12.7. The Labute approximate surface area is 168 Å². The Hall–Kier alpha value is -1.54. The van der Waals surface area contributed by atoms with Crippen molar-refractivity contribution in [2.24, 2.45) is 0 Å². The number of anilines is 1. The standard InChI is InChI=1S/C19H22FN3O2S.ClH/c20-14-5-1-12(2-6-14)9-16-18(13-3-4-13)23-19(26-16)22-17(24)10-15-11-25-8-7-21-15;/h1-2,5-6,13,15,21H,3-4,7-11H2,(H,22,23,24);1H. The monoisotopic (exact) mass is 411 g/mol. The van der Waals surface area contributed by atoms with Gasteiger partial charge in [-0.1, -0.05) is 12.1 Å². The Balaban J connectivity index is 0.00000210. The van der Waals surface area contributed by atoms with Crippen LogP contribution in [-0.4, -0.2) is 36.7 Å². The number of rotatable bonds is 6. The van der Waals surface area contributed by atoms with Gasteiger partial charge in [0.05, 0.1) is 18.9 Å². The van der Waals surface area contributed by atoms with E-state index < -0.39 is 0 Å². The molecule has 1 aliphatic heterocycles. The van der Waals surface area contributed by atoms with E-state index in [9.17, 15) is 9.18 Å². The van der Waals surface area contributed by atoms with Gasteiger partial charge in [0.15, 0.2) is 5.13 Å². The Kier molecular flexibility index (Phi) is 6.81. The van der Waals surface area contributed by atoms with Crippen LogP contribution in [0.15, 0.2) is 24.3 Å². The van der Waals surface area contributed by atoms with E-state index in [-0.39, 0.29) is 30.2 Å². The van der Waals surface area contributed by atoms with Gasteiger partial charge < -0.3 is 15.4 Å². The van der Waals surface area contributed by atoms with E-state index in [0.717, 1.165) is 41.9 Å². The van der Waals surface area contributed by atoms with Gasteiger partial charge in [0.1, 0.15) is 5.82 Å². The molecule has 5 nitrogen and oxygen atoms in total. The molecule has 2 heterocycles. The summed E-state index contributed by atoms with van der Waals surface area (Å²) in [6, 6.07) is 6.63. The lowest BCUT2D eigenvalue weighted by Gasteiger charge is -2.22. The van der Waals surface area contributed by atoms with Crippen LogP contribution >= 0.6 is 23.7 Å². The summed E-state index contributed by atoms with van der Waals surface area (Å²) in [5, 5.41) is 6.88. The van der Waals surface area contributed by atoms with Gasteiger partial charge in [-0.05, 0) is 30.5 Å². The molecule has 1 amide bonds. The number of thiazole rings is 1. The lowest BCUT2D eigenvalue weighted by atomic mass is 10.1. The molecule has 0 radical (unpaired) electrons. The van der Waals surface area contributed by atoms with Crippen molar-refractivity contribution >= 4 is 34.8 Å². The van der Waals surface area contributed by atoms with Gasteiger partial charge in [0.2, 0.25) is 5.91 Å². The molecule has 1 saturated heterocycles. The Morgan fingerprint density at radius 3 is 2.78 bits per heavy atom. The zero-order chi connectivity index (χ0) is 17.9. The van der Waals surface area contributed by atoms with Gasteiger partial charge in [0.25, 0.3) is 0 Å². The summed E-state index contributed by atoms with van der Waals surface area (Å²) in [6.45, 7) is 2.04. The minimum atomic E-state index is -0.228. The lowest BCUT2D eigenvalue weighted by molar-refractivity contribution is -0.117. The number of nitrogens with zero attached hydrogens (tertiary/aromatic N) is 1. The highest BCUT2D eigenvalue weighted by atomic mass is 35.5. The summed E-state index contributed by atoms with van der Waals surface area (Å²) in [5.41, 5.74) is 2.15. The van der Waals surface area contributed by atoms with Crippen LogP contribution in [0, 0.1) is 5.82 Å². The van der Waals surface area contributed by atoms with Gasteiger partial charge in [0, 0.05) is 36.2 Å². The maximum Gasteiger partial charge on any atom is 0.227 e. The minimum absolute atomic E-state index is 0. The van der Waals surface area contributed by atoms with E-state index in [1.54, 1.807) is 12.1 Å². The van der Waals surface area contributed by atoms with E-state index >= 15 is 0 Å². The van der Waals surface area contributed by atoms with Gasteiger partial charge in [-0.15, -0.1) is 23.7 Å². The predicted octanol–water partition coefficient (Wildman–Crippen LogP) is 3.49. The van der Waals surface area contributed by atoms with Gasteiger partial charge in [-0.2, -0.15) is 0 Å². The van der Waals surface area contributed by atoms with Crippen molar-refractivity contribution in [3.63, 3.8) is 0 Å². The average molecular weight is 412 g/mol. The molecule has 0 bridgehead atoms. The van der Waals surface area contributed by atoms with Crippen molar-refractivity contribution in [1.29, 1.82) is 0 Å². The molecule has 2 N–H and O–H groups in total. The minimum Gasteiger partial charge on any atom is -0.378 e. The zero-order valence-electron chi connectivity index (χ0n) is 14.9. The summed E-state index contributed by atoms with van der Waals surface area (Å²) in [5.74, 6) is 0.229. The van der Waals surface area contributed by atoms with E-state index in [4.69, 9.17) is 4.74 Å². The molecule has 2 fully saturated rings. The van der Waals surface area contributed by atoms with Crippen molar-refractivity contribution in [2.45, 2.75) is 37.6 Å². The molecular weight excluding hydrogens is 389 g/mol. The van der Waals surface area contributed by atoms with Crippen LogP contribution in [0.4, 0.5) is 9.52 Å². The van der Waals surface area contributed by atoms with Gasteiger partial charge in [-0.3, -0.25) is 4.79 Å². The molecule has 1 aliphatic carbocycles. The van der Waals surface area contributed by atoms with Crippen molar-refractivity contribution in [1.82, 2.24) is 10.3 Å². The Bertz CT molecular complexity index is 774. The maximum atomic E-state index is 13.1. The molecule has 0 spiro atoms. The highest BCUT2D eigenvalue weighted by Gasteiger charge is 2.30. The number of hydrogen-bond acceptors (Lipinski definition) is 5. The molecule has 2 aliphatic rings. The van der Waals surface area contributed by atoms with Gasteiger partial charge >= 0.3 is 0 Å². The molecule has 146 valence electrons. The third-order valence-corrected chi connectivity index (χ3v) is 5.63. The average Bonchev–Trinajstić information content (AvgIpc) is 3.40. The number of hydrogen-bond donors (Lipinski definition) is 2. The predicted molar refractivity (Wildman–Crippen MR) is 106 cm³/mol. The van der Waals surface area contributed by atoms with Crippen molar-refractivity contribution in [3.8, 4) is 0 Å². The fraction of sp³-hybridized carbons (Fsp3) is 0.474.